The Labute approximate surface area is 84.4 Å². The SMILES string of the molecule is CCC1(C(=O)O)OC1C1CCCCC1. The molecule has 0 spiro atoms. The Morgan fingerprint density at radius 3 is 2.50 bits per heavy atom. The van der Waals surface area contributed by atoms with Crippen LogP contribution in [0.25, 0.3) is 0 Å². The number of carbonyl (C=O) groups is 1. The van der Waals surface area contributed by atoms with E-state index >= 15 is 0 Å². The summed E-state index contributed by atoms with van der Waals surface area (Å²) in [6.07, 6.45) is 6.69. The largest absolute Gasteiger partial charge is 0.479 e. The van der Waals surface area contributed by atoms with Crippen LogP contribution >= 0.6 is 0 Å². The lowest BCUT2D eigenvalue weighted by atomic mass is 9.82. The zero-order valence-electron chi connectivity index (χ0n) is 8.66. The van der Waals surface area contributed by atoms with Crippen LogP contribution in [-0.2, 0) is 9.53 Å². The van der Waals surface area contributed by atoms with E-state index in [1.54, 1.807) is 0 Å². The van der Waals surface area contributed by atoms with Crippen molar-refractivity contribution >= 4 is 5.97 Å². The molecule has 0 aromatic rings. The van der Waals surface area contributed by atoms with E-state index < -0.39 is 11.6 Å². The molecule has 0 amide bonds. The second kappa shape index (κ2) is 3.54. The molecule has 1 saturated heterocycles. The van der Waals surface area contributed by atoms with Gasteiger partial charge >= 0.3 is 5.97 Å². The van der Waals surface area contributed by atoms with Crippen molar-refractivity contribution < 1.29 is 14.6 Å². The third kappa shape index (κ3) is 1.44. The second-order valence-electron chi connectivity index (χ2n) is 4.48. The highest BCUT2D eigenvalue weighted by molar-refractivity contribution is 5.81. The molecule has 80 valence electrons. The van der Waals surface area contributed by atoms with Gasteiger partial charge in [-0.05, 0) is 25.2 Å². The molecule has 2 aliphatic rings. The second-order valence-corrected chi connectivity index (χ2v) is 4.48. The van der Waals surface area contributed by atoms with Gasteiger partial charge in [0.2, 0.25) is 0 Å². The van der Waals surface area contributed by atoms with E-state index in [1.807, 2.05) is 6.92 Å². The van der Waals surface area contributed by atoms with E-state index in [0.29, 0.717) is 12.3 Å². The van der Waals surface area contributed by atoms with E-state index in [4.69, 9.17) is 9.84 Å². The molecule has 1 heterocycles. The van der Waals surface area contributed by atoms with Crippen LogP contribution < -0.4 is 0 Å². The normalized spacial score (nSPS) is 38.2. The van der Waals surface area contributed by atoms with E-state index in [0.717, 1.165) is 12.8 Å². The number of hydrogen-bond acceptors (Lipinski definition) is 2. The number of carboxylic acid groups (broad SMARTS) is 1. The van der Waals surface area contributed by atoms with Crippen molar-refractivity contribution in [2.24, 2.45) is 5.92 Å². The van der Waals surface area contributed by atoms with Gasteiger partial charge in [0.25, 0.3) is 0 Å². The van der Waals surface area contributed by atoms with Crippen LogP contribution in [0.1, 0.15) is 45.4 Å². The van der Waals surface area contributed by atoms with Crippen LogP contribution in [0, 0.1) is 5.92 Å². The molecule has 2 fully saturated rings. The van der Waals surface area contributed by atoms with Crippen molar-refractivity contribution in [3.63, 3.8) is 0 Å². The van der Waals surface area contributed by atoms with Crippen molar-refractivity contribution in [3.8, 4) is 0 Å². The first-order valence-electron chi connectivity index (χ1n) is 5.62. The highest BCUT2D eigenvalue weighted by Crippen LogP contribution is 2.48. The molecular formula is C11H18O3. The summed E-state index contributed by atoms with van der Waals surface area (Å²) in [6, 6.07) is 0. The van der Waals surface area contributed by atoms with Crippen molar-refractivity contribution in [2.75, 3.05) is 0 Å². The first-order valence-corrected chi connectivity index (χ1v) is 5.62. The number of ether oxygens (including phenoxy) is 1. The van der Waals surface area contributed by atoms with E-state index in [-0.39, 0.29) is 6.10 Å². The Bertz CT molecular complexity index is 233. The van der Waals surface area contributed by atoms with Gasteiger partial charge in [-0.3, -0.25) is 0 Å². The smallest absolute Gasteiger partial charge is 0.338 e. The fourth-order valence-electron chi connectivity index (χ4n) is 2.71. The maximum Gasteiger partial charge on any atom is 0.338 e. The number of carboxylic acids is 1. The molecule has 3 heteroatoms. The van der Waals surface area contributed by atoms with E-state index in [9.17, 15) is 4.79 Å². The van der Waals surface area contributed by atoms with E-state index in [1.165, 1.54) is 19.3 Å². The Morgan fingerprint density at radius 2 is 2.07 bits per heavy atom. The van der Waals surface area contributed by atoms with Crippen molar-refractivity contribution in [1.82, 2.24) is 0 Å². The average molecular weight is 198 g/mol. The van der Waals surface area contributed by atoms with Crippen molar-refractivity contribution in [1.29, 1.82) is 0 Å². The molecule has 2 unspecified atom stereocenters. The molecule has 0 radical (unpaired) electrons. The Hall–Kier alpha value is -0.570. The molecule has 1 aliphatic heterocycles. The van der Waals surface area contributed by atoms with Crippen molar-refractivity contribution in [2.45, 2.75) is 57.2 Å². The van der Waals surface area contributed by atoms with Crippen molar-refractivity contribution in [3.05, 3.63) is 0 Å². The lowest BCUT2D eigenvalue weighted by molar-refractivity contribution is -0.143. The Morgan fingerprint density at radius 1 is 1.43 bits per heavy atom. The lowest BCUT2D eigenvalue weighted by Crippen LogP contribution is -2.30. The maximum atomic E-state index is 11.0. The summed E-state index contributed by atoms with van der Waals surface area (Å²) in [6.45, 7) is 1.90. The molecule has 3 nitrogen and oxygen atoms in total. The predicted octanol–water partition coefficient (Wildman–Crippen LogP) is 2.20. The third-order valence-corrected chi connectivity index (χ3v) is 3.70. The molecule has 0 bridgehead atoms. The summed E-state index contributed by atoms with van der Waals surface area (Å²) in [4.78, 5) is 11.0. The third-order valence-electron chi connectivity index (χ3n) is 3.70. The summed E-state index contributed by atoms with van der Waals surface area (Å²) >= 11 is 0. The number of hydrogen-bond donors (Lipinski definition) is 1. The summed E-state index contributed by atoms with van der Waals surface area (Å²) in [7, 11) is 0. The monoisotopic (exact) mass is 198 g/mol. The standard InChI is InChI=1S/C11H18O3/c1-2-11(10(12)13)9(14-11)8-6-4-3-5-7-8/h8-9H,2-7H2,1H3,(H,12,13). The van der Waals surface area contributed by atoms with Crippen LogP contribution in [0.5, 0.6) is 0 Å². The molecule has 1 saturated carbocycles. The quantitative estimate of drug-likeness (QED) is 0.707. The Balaban J connectivity index is 1.98. The van der Waals surface area contributed by atoms with Crippen LogP contribution in [0.3, 0.4) is 0 Å². The van der Waals surface area contributed by atoms with Gasteiger partial charge in [-0.1, -0.05) is 26.2 Å². The van der Waals surface area contributed by atoms with Gasteiger partial charge in [0, 0.05) is 0 Å². The highest BCUT2D eigenvalue weighted by Gasteiger charge is 2.64. The number of rotatable bonds is 3. The fourth-order valence-corrected chi connectivity index (χ4v) is 2.71. The minimum absolute atomic E-state index is 0.00491. The fraction of sp³-hybridized carbons (Fsp3) is 0.909. The van der Waals surface area contributed by atoms with E-state index in [2.05, 4.69) is 0 Å². The topological polar surface area (TPSA) is 49.8 Å². The molecule has 0 aromatic carbocycles. The van der Waals surface area contributed by atoms with Crippen LogP contribution in [0.2, 0.25) is 0 Å². The molecule has 2 atom stereocenters. The van der Waals surface area contributed by atoms with Gasteiger partial charge in [0.05, 0.1) is 0 Å². The van der Waals surface area contributed by atoms with Gasteiger partial charge in [-0.25, -0.2) is 4.79 Å². The number of epoxide rings is 1. The zero-order chi connectivity index (χ0) is 10.2. The van der Waals surface area contributed by atoms with Gasteiger partial charge in [-0.2, -0.15) is 0 Å². The average Bonchev–Trinajstić information content (AvgIpc) is 2.95. The molecule has 2 rings (SSSR count). The molecule has 1 aliphatic carbocycles. The van der Waals surface area contributed by atoms with Gasteiger partial charge < -0.3 is 9.84 Å². The summed E-state index contributed by atoms with van der Waals surface area (Å²) in [5, 5.41) is 9.08. The molecule has 0 aromatic heterocycles. The van der Waals surface area contributed by atoms with Crippen LogP contribution in [0.4, 0.5) is 0 Å². The summed E-state index contributed by atoms with van der Waals surface area (Å²) in [5.41, 5.74) is -0.817. The number of aliphatic carboxylic acids is 1. The first-order chi connectivity index (χ1) is 6.70. The summed E-state index contributed by atoms with van der Waals surface area (Å²) in [5.74, 6) is -0.268. The highest BCUT2D eigenvalue weighted by atomic mass is 16.6. The van der Waals surface area contributed by atoms with Crippen LogP contribution in [0.15, 0.2) is 0 Å². The summed E-state index contributed by atoms with van der Waals surface area (Å²) < 4.78 is 5.46. The van der Waals surface area contributed by atoms with Gasteiger partial charge in [0.1, 0.15) is 6.10 Å². The van der Waals surface area contributed by atoms with Crippen LogP contribution in [-0.4, -0.2) is 22.8 Å². The Kier molecular flexibility index (Phi) is 2.52. The van der Waals surface area contributed by atoms with Gasteiger partial charge in [0.15, 0.2) is 5.60 Å². The minimum Gasteiger partial charge on any atom is -0.479 e. The molecule has 1 N–H and O–H groups in total. The molecule has 14 heavy (non-hydrogen) atoms. The lowest BCUT2D eigenvalue weighted by Gasteiger charge is -2.20. The predicted molar refractivity (Wildman–Crippen MR) is 52.1 cm³/mol. The maximum absolute atomic E-state index is 11.0. The zero-order valence-corrected chi connectivity index (χ0v) is 8.66. The first kappa shape index (κ1) is 9.97. The molecular weight excluding hydrogens is 180 g/mol. The minimum atomic E-state index is -0.817. The van der Waals surface area contributed by atoms with Gasteiger partial charge in [-0.15, -0.1) is 0 Å².